The van der Waals surface area contributed by atoms with Crippen molar-refractivity contribution in [2.45, 2.75) is 95.5 Å². The van der Waals surface area contributed by atoms with Crippen LogP contribution in [0.25, 0.3) is 0 Å². The zero-order valence-electron chi connectivity index (χ0n) is 16.0. The third kappa shape index (κ3) is 11.9. The Morgan fingerprint density at radius 1 is 0.778 bits per heavy atom. The zero-order valence-corrected chi connectivity index (χ0v) is 16.0. The summed E-state index contributed by atoms with van der Waals surface area (Å²) in [6.07, 6.45) is 3.00. The Morgan fingerprint density at radius 3 is 1.70 bits per heavy atom. The van der Waals surface area contributed by atoms with Crippen LogP contribution in [0, 0.1) is 0 Å². The van der Waals surface area contributed by atoms with E-state index in [1.54, 1.807) is 0 Å². The summed E-state index contributed by atoms with van der Waals surface area (Å²) in [6, 6.07) is 0. The lowest BCUT2D eigenvalue weighted by Crippen LogP contribution is -2.52. The van der Waals surface area contributed by atoms with Crippen LogP contribution < -0.4 is 5.48 Å². The molecule has 0 rings (SSSR count). The van der Waals surface area contributed by atoms with Crippen molar-refractivity contribution in [3.63, 3.8) is 0 Å². The molecule has 6 N–H and O–H groups in total. The topological polar surface area (TPSA) is 157 Å². The van der Waals surface area contributed by atoms with Crippen molar-refractivity contribution in [1.82, 2.24) is 5.48 Å². The van der Waals surface area contributed by atoms with Crippen molar-refractivity contribution in [1.29, 1.82) is 0 Å². The second-order valence-electron chi connectivity index (χ2n) is 6.72. The molecular weight excluding hydrogens is 358 g/mol. The molecule has 0 spiro atoms. The molecule has 0 radical (unpaired) electrons. The molecule has 0 saturated heterocycles. The van der Waals surface area contributed by atoms with Crippen molar-refractivity contribution < 1.29 is 40.0 Å². The Morgan fingerprint density at radius 2 is 1.26 bits per heavy atom. The fourth-order valence-corrected chi connectivity index (χ4v) is 2.61. The van der Waals surface area contributed by atoms with Crippen molar-refractivity contribution in [2.24, 2.45) is 0 Å². The van der Waals surface area contributed by atoms with Gasteiger partial charge in [0.2, 0.25) is 6.10 Å². The molecule has 4 atom stereocenters. The molecule has 0 aliphatic heterocycles. The molecule has 9 nitrogen and oxygen atoms in total. The average Bonchev–Trinajstić information content (AvgIpc) is 2.63. The van der Waals surface area contributed by atoms with Crippen LogP contribution >= 0.6 is 0 Å². The monoisotopic (exact) mass is 393 g/mol. The van der Waals surface area contributed by atoms with Gasteiger partial charge in [0.05, 0.1) is 0 Å². The van der Waals surface area contributed by atoms with Crippen LogP contribution in [0.4, 0.5) is 0 Å². The minimum Gasteiger partial charge on any atom is -0.479 e. The molecule has 160 valence electrons. The van der Waals surface area contributed by atoms with Gasteiger partial charge in [0.25, 0.3) is 0 Å². The lowest BCUT2D eigenvalue weighted by atomic mass is 10.0. The molecular formula is C18H35NO8. The van der Waals surface area contributed by atoms with Gasteiger partial charge in [0, 0.05) is 6.54 Å². The summed E-state index contributed by atoms with van der Waals surface area (Å²) < 4.78 is 0. The number of carboxylic acids is 2. The fourth-order valence-electron chi connectivity index (χ4n) is 2.61. The van der Waals surface area contributed by atoms with E-state index in [0.29, 0.717) is 6.54 Å². The van der Waals surface area contributed by atoms with E-state index in [1.807, 2.05) is 0 Å². The van der Waals surface area contributed by atoms with E-state index < -0.39 is 36.4 Å². The standard InChI is InChI=1S/C18H35NO8/c1-2-3-4-5-6-7-8-9-10-11-12-19-27-16(18(25)26)14(21)13(20)15(22)17(23)24/h13-16,19-22H,2-12H2,1H3,(H,23,24)(H,25,26)/t13-,14-,15-,16+/m0/s1. The molecule has 0 aromatic carbocycles. The molecule has 0 heterocycles. The van der Waals surface area contributed by atoms with Crippen molar-refractivity contribution in [3.8, 4) is 0 Å². The third-order valence-electron chi connectivity index (χ3n) is 4.32. The highest BCUT2D eigenvalue weighted by Gasteiger charge is 2.39. The number of rotatable bonds is 18. The lowest BCUT2D eigenvalue weighted by Gasteiger charge is -2.25. The Balaban J connectivity index is 3.88. The van der Waals surface area contributed by atoms with Gasteiger partial charge in [-0.15, -0.1) is 0 Å². The van der Waals surface area contributed by atoms with Gasteiger partial charge in [0.1, 0.15) is 12.2 Å². The second-order valence-corrected chi connectivity index (χ2v) is 6.72. The molecule has 0 bridgehead atoms. The number of aliphatic hydroxyl groups excluding tert-OH is 3. The van der Waals surface area contributed by atoms with Gasteiger partial charge in [-0.2, -0.15) is 0 Å². The van der Waals surface area contributed by atoms with Crippen LogP contribution in [-0.2, 0) is 14.4 Å². The fraction of sp³-hybridized carbons (Fsp3) is 0.889. The van der Waals surface area contributed by atoms with Crippen molar-refractivity contribution >= 4 is 11.9 Å². The van der Waals surface area contributed by atoms with Gasteiger partial charge in [-0.1, -0.05) is 64.7 Å². The quantitative estimate of drug-likeness (QED) is 0.148. The van der Waals surface area contributed by atoms with Crippen LogP contribution in [-0.4, -0.2) is 68.4 Å². The zero-order chi connectivity index (χ0) is 20.7. The van der Waals surface area contributed by atoms with Crippen molar-refractivity contribution in [3.05, 3.63) is 0 Å². The molecule has 0 aliphatic carbocycles. The first kappa shape index (κ1) is 25.7. The highest BCUT2D eigenvalue weighted by atomic mass is 16.7. The Bertz CT molecular complexity index is 407. The Labute approximate surface area is 160 Å². The third-order valence-corrected chi connectivity index (χ3v) is 4.32. The van der Waals surface area contributed by atoms with E-state index in [9.17, 15) is 24.9 Å². The molecule has 27 heavy (non-hydrogen) atoms. The predicted molar refractivity (Wildman–Crippen MR) is 98.0 cm³/mol. The van der Waals surface area contributed by atoms with E-state index in [4.69, 9.17) is 15.1 Å². The summed E-state index contributed by atoms with van der Waals surface area (Å²) in [6.45, 7) is 2.54. The van der Waals surface area contributed by atoms with Gasteiger partial charge in [-0.05, 0) is 6.42 Å². The number of hydroxylamine groups is 1. The van der Waals surface area contributed by atoms with Gasteiger partial charge in [-0.3, -0.25) is 4.84 Å². The van der Waals surface area contributed by atoms with Gasteiger partial charge < -0.3 is 25.5 Å². The summed E-state index contributed by atoms with van der Waals surface area (Å²) >= 11 is 0. The average molecular weight is 393 g/mol. The molecule has 0 unspecified atom stereocenters. The smallest absolute Gasteiger partial charge is 0.337 e. The first-order chi connectivity index (χ1) is 12.8. The van der Waals surface area contributed by atoms with E-state index in [1.165, 1.54) is 38.5 Å². The molecule has 0 amide bonds. The maximum absolute atomic E-state index is 11.1. The number of aliphatic hydroxyl groups is 3. The van der Waals surface area contributed by atoms with E-state index >= 15 is 0 Å². The maximum Gasteiger partial charge on any atom is 0.337 e. The molecule has 0 aromatic heterocycles. The number of hydrogen-bond acceptors (Lipinski definition) is 7. The Hall–Kier alpha value is -1.26. The normalized spacial score (nSPS) is 15.9. The predicted octanol–water partition coefficient (Wildman–Crippen LogP) is 1.05. The van der Waals surface area contributed by atoms with Gasteiger partial charge >= 0.3 is 11.9 Å². The van der Waals surface area contributed by atoms with Crippen LogP contribution in [0.15, 0.2) is 0 Å². The van der Waals surface area contributed by atoms with Crippen molar-refractivity contribution in [2.75, 3.05) is 6.54 Å². The Kier molecular flexibility index (Phi) is 15.0. The minimum atomic E-state index is -2.31. The van der Waals surface area contributed by atoms with Crippen LogP contribution in [0.2, 0.25) is 0 Å². The molecule has 0 aliphatic rings. The first-order valence-electron chi connectivity index (χ1n) is 9.71. The van der Waals surface area contributed by atoms with E-state index in [0.717, 1.165) is 25.7 Å². The minimum absolute atomic E-state index is 0.352. The summed E-state index contributed by atoms with van der Waals surface area (Å²) in [5.41, 5.74) is 2.41. The summed E-state index contributed by atoms with van der Waals surface area (Å²) in [5.74, 6) is -3.36. The summed E-state index contributed by atoms with van der Waals surface area (Å²) in [7, 11) is 0. The van der Waals surface area contributed by atoms with E-state index in [-0.39, 0.29) is 0 Å². The number of unbranched alkanes of at least 4 members (excludes halogenated alkanes) is 9. The highest BCUT2D eigenvalue weighted by Crippen LogP contribution is 2.11. The number of carbonyl (C=O) groups is 2. The number of carboxylic acid groups (broad SMARTS) is 2. The largest absolute Gasteiger partial charge is 0.479 e. The number of aliphatic carboxylic acids is 2. The summed E-state index contributed by atoms with van der Waals surface area (Å²) in [4.78, 5) is 26.5. The SMILES string of the molecule is CCCCCCCCCCCCNO[C@@H](C(=O)O)[C@@H](O)[C@H](O)[C@H](O)C(=O)O. The molecule has 9 heteroatoms. The van der Waals surface area contributed by atoms with Gasteiger partial charge in [0.15, 0.2) is 6.10 Å². The first-order valence-corrected chi connectivity index (χ1v) is 9.71. The van der Waals surface area contributed by atoms with Crippen LogP contribution in [0.3, 0.4) is 0 Å². The second kappa shape index (κ2) is 15.8. The molecule has 0 aromatic rings. The van der Waals surface area contributed by atoms with Crippen LogP contribution in [0.1, 0.15) is 71.1 Å². The lowest BCUT2D eigenvalue weighted by molar-refractivity contribution is -0.186. The summed E-state index contributed by atoms with van der Waals surface area (Å²) in [5, 5.41) is 46.0. The van der Waals surface area contributed by atoms with Gasteiger partial charge in [-0.25, -0.2) is 15.1 Å². The van der Waals surface area contributed by atoms with E-state index in [2.05, 4.69) is 12.4 Å². The number of hydrogen-bond donors (Lipinski definition) is 6. The highest BCUT2D eigenvalue weighted by molar-refractivity contribution is 5.75. The number of nitrogens with one attached hydrogen (secondary N) is 1. The molecule has 0 saturated carbocycles. The van der Waals surface area contributed by atoms with Crippen LogP contribution in [0.5, 0.6) is 0 Å². The molecule has 0 fully saturated rings. The maximum atomic E-state index is 11.1.